The highest BCUT2D eigenvalue weighted by atomic mass is 16.3. The van der Waals surface area contributed by atoms with Crippen molar-refractivity contribution < 1.29 is 5.11 Å². The van der Waals surface area contributed by atoms with E-state index in [2.05, 4.69) is 15.3 Å². The maximum atomic E-state index is 9.27. The lowest BCUT2D eigenvalue weighted by molar-refractivity contribution is 0.179. The third-order valence-corrected chi connectivity index (χ3v) is 2.47. The van der Waals surface area contributed by atoms with Crippen LogP contribution in [0.3, 0.4) is 0 Å². The summed E-state index contributed by atoms with van der Waals surface area (Å²) in [6.07, 6.45) is 1.20. The SMILES string of the molecule is NCC(O)CNCc1ccc2nc[nH]c2c1. The van der Waals surface area contributed by atoms with Gasteiger partial charge >= 0.3 is 0 Å². The number of H-pyrrole nitrogens is 1. The van der Waals surface area contributed by atoms with E-state index in [4.69, 9.17) is 5.73 Å². The summed E-state index contributed by atoms with van der Waals surface area (Å²) in [6.45, 7) is 1.51. The van der Waals surface area contributed by atoms with Gasteiger partial charge < -0.3 is 21.1 Å². The zero-order valence-corrected chi connectivity index (χ0v) is 8.98. The molecule has 2 aromatic rings. The first-order valence-corrected chi connectivity index (χ1v) is 5.30. The lowest BCUT2D eigenvalue weighted by Crippen LogP contribution is -2.32. The van der Waals surface area contributed by atoms with Crippen molar-refractivity contribution in [3.05, 3.63) is 30.1 Å². The smallest absolute Gasteiger partial charge is 0.0931 e. The van der Waals surface area contributed by atoms with Gasteiger partial charge in [-0.1, -0.05) is 6.07 Å². The molecule has 0 radical (unpaired) electrons. The van der Waals surface area contributed by atoms with E-state index < -0.39 is 6.10 Å². The highest BCUT2D eigenvalue weighted by molar-refractivity contribution is 5.74. The fourth-order valence-corrected chi connectivity index (χ4v) is 1.56. The largest absolute Gasteiger partial charge is 0.390 e. The Hall–Kier alpha value is -1.43. The van der Waals surface area contributed by atoms with Gasteiger partial charge in [-0.05, 0) is 17.7 Å². The van der Waals surface area contributed by atoms with E-state index in [0.717, 1.165) is 16.6 Å². The molecule has 16 heavy (non-hydrogen) atoms. The van der Waals surface area contributed by atoms with Crippen LogP contribution in [0.5, 0.6) is 0 Å². The van der Waals surface area contributed by atoms with Crippen molar-refractivity contribution >= 4 is 11.0 Å². The molecule has 5 N–H and O–H groups in total. The van der Waals surface area contributed by atoms with Gasteiger partial charge in [0.25, 0.3) is 0 Å². The van der Waals surface area contributed by atoms with Gasteiger partial charge in [0.05, 0.1) is 23.5 Å². The number of nitrogens with zero attached hydrogens (tertiary/aromatic N) is 1. The number of benzene rings is 1. The molecule has 5 heteroatoms. The van der Waals surface area contributed by atoms with Gasteiger partial charge in [0.15, 0.2) is 0 Å². The van der Waals surface area contributed by atoms with Crippen LogP contribution in [0.2, 0.25) is 0 Å². The number of hydrogen-bond acceptors (Lipinski definition) is 4. The average Bonchev–Trinajstić information content (AvgIpc) is 2.76. The average molecular weight is 220 g/mol. The zero-order valence-electron chi connectivity index (χ0n) is 8.98. The van der Waals surface area contributed by atoms with E-state index in [9.17, 15) is 5.11 Å². The Labute approximate surface area is 93.7 Å². The van der Waals surface area contributed by atoms with E-state index in [0.29, 0.717) is 13.1 Å². The molecule has 0 aliphatic heterocycles. The van der Waals surface area contributed by atoms with Crippen molar-refractivity contribution in [1.82, 2.24) is 15.3 Å². The summed E-state index contributed by atoms with van der Waals surface area (Å²) in [4.78, 5) is 7.21. The van der Waals surface area contributed by atoms with E-state index in [1.807, 2.05) is 18.2 Å². The van der Waals surface area contributed by atoms with Crippen molar-refractivity contribution in [1.29, 1.82) is 0 Å². The van der Waals surface area contributed by atoms with Crippen molar-refractivity contribution in [2.45, 2.75) is 12.6 Å². The van der Waals surface area contributed by atoms with E-state index in [1.165, 1.54) is 0 Å². The van der Waals surface area contributed by atoms with Gasteiger partial charge in [-0.3, -0.25) is 0 Å². The van der Waals surface area contributed by atoms with E-state index >= 15 is 0 Å². The summed E-state index contributed by atoms with van der Waals surface area (Å²) in [7, 11) is 0. The fourth-order valence-electron chi connectivity index (χ4n) is 1.56. The van der Waals surface area contributed by atoms with E-state index in [-0.39, 0.29) is 6.54 Å². The number of aliphatic hydroxyl groups is 1. The number of imidazole rings is 1. The number of fused-ring (bicyclic) bond motifs is 1. The van der Waals surface area contributed by atoms with Gasteiger partial charge in [0.1, 0.15) is 0 Å². The molecule has 0 spiro atoms. The summed E-state index contributed by atoms with van der Waals surface area (Å²) >= 11 is 0. The van der Waals surface area contributed by atoms with Crippen molar-refractivity contribution in [3.63, 3.8) is 0 Å². The Bertz CT molecular complexity index is 454. The lowest BCUT2D eigenvalue weighted by Gasteiger charge is -2.09. The standard InChI is InChI=1S/C11H16N4O/c12-4-9(16)6-13-5-8-1-2-10-11(3-8)15-7-14-10/h1-3,7,9,13,16H,4-6,12H2,(H,14,15). The highest BCUT2D eigenvalue weighted by Gasteiger charge is 2.01. The first-order chi connectivity index (χ1) is 7.79. The molecule has 5 nitrogen and oxygen atoms in total. The molecule has 0 fully saturated rings. The Balaban J connectivity index is 1.93. The number of rotatable bonds is 5. The van der Waals surface area contributed by atoms with Crippen LogP contribution in [0.25, 0.3) is 11.0 Å². The van der Waals surface area contributed by atoms with Crippen LogP contribution in [0.4, 0.5) is 0 Å². The minimum Gasteiger partial charge on any atom is -0.390 e. The number of aromatic amines is 1. The van der Waals surface area contributed by atoms with E-state index in [1.54, 1.807) is 6.33 Å². The molecule has 0 saturated carbocycles. The number of hydrogen-bond donors (Lipinski definition) is 4. The second-order valence-electron chi connectivity index (χ2n) is 3.77. The number of aromatic nitrogens is 2. The molecule has 1 aromatic carbocycles. The predicted octanol–water partition coefficient (Wildman–Crippen LogP) is -0.0279. The van der Waals surface area contributed by atoms with Crippen LogP contribution >= 0.6 is 0 Å². The molecule has 0 bridgehead atoms. The van der Waals surface area contributed by atoms with Gasteiger partial charge in [-0.25, -0.2) is 4.98 Å². The molecule has 2 rings (SSSR count). The van der Waals surface area contributed by atoms with Gasteiger partial charge in [-0.2, -0.15) is 0 Å². The Morgan fingerprint density at radius 1 is 1.50 bits per heavy atom. The van der Waals surface area contributed by atoms with Crippen LogP contribution in [0.1, 0.15) is 5.56 Å². The van der Waals surface area contributed by atoms with Crippen LogP contribution in [0, 0.1) is 0 Å². The van der Waals surface area contributed by atoms with Crippen LogP contribution in [-0.4, -0.2) is 34.3 Å². The molecule has 1 aromatic heterocycles. The number of nitrogens with one attached hydrogen (secondary N) is 2. The first-order valence-electron chi connectivity index (χ1n) is 5.30. The fraction of sp³-hybridized carbons (Fsp3) is 0.364. The third kappa shape index (κ3) is 2.57. The molecular formula is C11H16N4O. The zero-order chi connectivity index (χ0) is 11.4. The minimum absolute atomic E-state index is 0.284. The Kier molecular flexibility index (Phi) is 3.51. The molecule has 86 valence electrons. The molecule has 0 amide bonds. The molecule has 0 saturated heterocycles. The molecule has 1 unspecified atom stereocenters. The first kappa shape index (κ1) is 11.1. The van der Waals surface area contributed by atoms with Crippen molar-refractivity contribution in [2.75, 3.05) is 13.1 Å². The summed E-state index contributed by atoms with van der Waals surface area (Å²) in [6, 6.07) is 6.04. The van der Waals surface area contributed by atoms with Crippen LogP contribution in [-0.2, 0) is 6.54 Å². The van der Waals surface area contributed by atoms with Crippen LogP contribution in [0.15, 0.2) is 24.5 Å². The summed E-state index contributed by atoms with van der Waals surface area (Å²) in [5.41, 5.74) is 8.45. The van der Waals surface area contributed by atoms with Crippen molar-refractivity contribution in [3.8, 4) is 0 Å². The topological polar surface area (TPSA) is 87.0 Å². The molecule has 1 atom stereocenters. The lowest BCUT2D eigenvalue weighted by atomic mass is 10.2. The minimum atomic E-state index is -0.476. The maximum Gasteiger partial charge on any atom is 0.0931 e. The maximum absolute atomic E-state index is 9.27. The molecular weight excluding hydrogens is 204 g/mol. The second-order valence-corrected chi connectivity index (χ2v) is 3.77. The third-order valence-electron chi connectivity index (χ3n) is 2.47. The second kappa shape index (κ2) is 5.07. The number of aliphatic hydroxyl groups excluding tert-OH is 1. The molecule has 0 aliphatic carbocycles. The highest BCUT2D eigenvalue weighted by Crippen LogP contribution is 2.11. The van der Waals surface area contributed by atoms with Gasteiger partial charge in [0, 0.05) is 19.6 Å². The monoisotopic (exact) mass is 220 g/mol. The summed E-state index contributed by atoms with van der Waals surface area (Å²) in [5, 5.41) is 12.4. The quantitative estimate of drug-likeness (QED) is 0.570. The van der Waals surface area contributed by atoms with Gasteiger partial charge in [-0.15, -0.1) is 0 Å². The van der Waals surface area contributed by atoms with Gasteiger partial charge in [0.2, 0.25) is 0 Å². The molecule has 0 aliphatic rings. The molecule has 1 heterocycles. The number of nitrogens with two attached hydrogens (primary N) is 1. The summed E-state index contributed by atoms with van der Waals surface area (Å²) in [5.74, 6) is 0. The normalized spacial score (nSPS) is 13.1. The Morgan fingerprint density at radius 3 is 3.19 bits per heavy atom. The van der Waals surface area contributed by atoms with Crippen molar-refractivity contribution in [2.24, 2.45) is 5.73 Å². The predicted molar refractivity (Wildman–Crippen MR) is 62.9 cm³/mol. The summed E-state index contributed by atoms with van der Waals surface area (Å²) < 4.78 is 0. The Morgan fingerprint density at radius 2 is 2.38 bits per heavy atom. The van der Waals surface area contributed by atoms with Crippen LogP contribution < -0.4 is 11.1 Å².